The first-order valence-electron chi connectivity index (χ1n) is 10.2. The van der Waals surface area contributed by atoms with Crippen LogP contribution in [0.3, 0.4) is 0 Å². The zero-order valence-corrected chi connectivity index (χ0v) is 17.5. The average molecular weight is 404 g/mol. The molecule has 0 radical (unpaired) electrons. The van der Waals surface area contributed by atoms with Crippen molar-refractivity contribution < 1.29 is 9.21 Å². The van der Waals surface area contributed by atoms with Gasteiger partial charge in [0.1, 0.15) is 12.1 Å². The third-order valence-electron chi connectivity index (χ3n) is 6.14. The second kappa shape index (κ2) is 8.69. The van der Waals surface area contributed by atoms with Crippen molar-refractivity contribution in [2.45, 2.75) is 49.6 Å². The fourth-order valence-electron chi connectivity index (χ4n) is 4.66. The summed E-state index contributed by atoms with van der Waals surface area (Å²) in [6.45, 7) is 5.10. The van der Waals surface area contributed by atoms with Gasteiger partial charge in [-0.25, -0.2) is 4.98 Å². The molecule has 0 spiro atoms. The number of H-pyrrole nitrogens is 1. The molecule has 3 atom stereocenters. The van der Waals surface area contributed by atoms with E-state index in [1.807, 2.05) is 11.0 Å². The van der Waals surface area contributed by atoms with Gasteiger partial charge in [-0.05, 0) is 63.2 Å². The number of aromatic nitrogens is 3. The minimum Gasteiger partial charge on any atom is -0.455 e. The maximum atomic E-state index is 12.9. The van der Waals surface area contributed by atoms with Crippen LogP contribution in [0.1, 0.15) is 48.9 Å². The molecule has 2 aromatic heterocycles. The molecule has 0 unspecified atom stereocenters. The summed E-state index contributed by atoms with van der Waals surface area (Å²) in [4.78, 5) is 21.5. The molecule has 0 bridgehead atoms. The lowest BCUT2D eigenvalue weighted by atomic mass is 9.88. The standard InChI is InChI=1S/C20H29N5O2S/c1-3-7-24(2)16-9-14-6-8-25(11-15(14)10-16)19(26)18-5-4-17(27-18)12-28-20-21-13-22-23-20/h4-5,13-16H,3,6-12H2,1-2H3,(H,21,22,23)/t14-,15-,16+/m1/s1. The minimum atomic E-state index is 0.0275. The zero-order chi connectivity index (χ0) is 19.5. The summed E-state index contributed by atoms with van der Waals surface area (Å²) in [7, 11) is 2.25. The number of piperidine rings is 1. The Morgan fingerprint density at radius 2 is 2.25 bits per heavy atom. The first-order valence-corrected chi connectivity index (χ1v) is 11.2. The largest absolute Gasteiger partial charge is 0.455 e. The summed E-state index contributed by atoms with van der Waals surface area (Å²) in [6, 6.07) is 4.36. The van der Waals surface area contributed by atoms with Crippen LogP contribution in [-0.2, 0) is 5.75 Å². The van der Waals surface area contributed by atoms with Crippen LogP contribution in [0.5, 0.6) is 0 Å². The molecule has 2 aromatic rings. The second-order valence-electron chi connectivity index (χ2n) is 8.01. The highest BCUT2D eigenvalue weighted by molar-refractivity contribution is 7.98. The monoisotopic (exact) mass is 403 g/mol. The van der Waals surface area contributed by atoms with Crippen LogP contribution in [0.15, 0.2) is 28.0 Å². The quantitative estimate of drug-likeness (QED) is 0.715. The van der Waals surface area contributed by atoms with Gasteiger partial charge in [-0.3, -0.25) is 9.89 Å². The fourth-order valence-corrected chi connectivity index (χ4v) is 5.34. The van der Waals surface area contributed by atoms with E-state index in [1.54, 1.807) is 6.07 Å². The van der Waals surface area contributed by atoms with Gasteiger partial charge in [0.2, 0.25) is 0 Å². The molecule has 2 fully saturated rings. The van der Waals surface area contributed by atoms with E-state index in [1.165, 1.54) is 37.4 Å². The molecule has 2 aliphatic rings. The Morgan fingerprint density at radius 3 is 3.04 bits per heavy atom. The van der Waals surface area contributed by atoms with Crippen LogP contribution in [0, 0.1) is 11.8 Å². The van der Waals surface area contributed by atoms with Crippen molar-refractivity contribution in [2.24, 2.45) is 11.8 Å². The van der Waals surface area contributed by atoms with Crippen LogP contribution >= 0.6 is 11.8 Å². The maximum absolute atomic E-state index is 12.9. The van der Waals surface area contributed by atoms with Crippen molar-refractivity contribution in [3.8, 4) is 0 Å². The zero-order valence-electron chi connectivity index (χ0n) is 16.6. The summed E-state index contributed by atoms with van der Waals surface area (Å²) in [5, 5.41) is 7.39. The third kappa shape index (κ3) is 4.27. The van der Waals surface area contributed by atoms with Crippen molar-refractivity contribution in [3.05, 3.63) is 30.0 Å². The molecule has 1 saturated carbocycles. The predicted octanol–water partition coefficient (Wildman–Crippen LogP) is 3.27. The molecule has 7 nitrogen and oxygen atoms in total. The number of thioether (sulfide) groups is 1. The number of nitrogens with zero attached hydrogens (tertiary/aromatic N) is 4. The number of hydrogen-bond acceptors (Lipinski definition) is 6. The normalized spacial score (nSPS) is 24.7. The summed E-state index contributed by atoms with van der Waals surface area (Å²) in [5.41, 5.74) is 0. The van der Waals surface area contributed by atoms with Gasteiger partial charge in [0.25, 0.3) is 5.91 Å². The van der Waals surface area contributed by atoms with E-state index < -0.39 is 0 Å². The Balaban J connectivity index is 1.32. The van der Waals surface area contributed by atoms with E-state index in [2.05, 4.69) is 34.1 Å². The molecule has 0 aromatic carbocycles. The lowest BCUT2D eigenvalue weighted by Gasteiger charge is -2.34. The molecule has 1 aliphatic heterocycles. The molecule has 1 aliphatic carbocycles. The first kappa shape index (κ1) is 19.5. The SMILES string of the molecule is CCCN(C)[C@H]1C[C@H]2CCN(C(=O)c3ccc(CSc4ncn[nH]4)o3)C[C@H]2C1. The van der Waals surface area contributed by atoms with Crippen molar-refractivity contribution in [1.29, 1.82) is 0 Å². The molecule has 1 amide bonds. The molecule has 3 heterocycles. The van der Waals surface area contributed by atoms with E-state index in [4.69, 9.17) is 4.42 Å². The highest BCUT2D eigenvalue weighted by Crippen LogP contribution is 2.40. The van der Waals surface area contributed by atoms with Crippen molar-refractivity contribution >= 4 is 17.7 Å². The van der Waals surface area contributed by atoms with Crippen LogP contribution in [0.2, 0.25) is 0 Å². The molecule has 4 rings (SSSR count). The number of aromatic amines is 1. The van der Waals surface area contributed by atoms with Gasteiger partial charge in [0.15, 0.2) is 10.9 Å². The van der Waals surface area contributed by atoms with E-state index in [9.17, 15) is 4.79 Å². The number of carbonyl (C=O) groups excluding carboxylic acids is 1. The lowest BCUT2D eigenvalue weighted by molar-refractivity contribution is 0.0594. The molecule has 1 saturated heterocycles. The van der Waals surface area contributed by atoms with Crippen molar-refractivity contribution in [3.63, 3.8) is 0 Å². The van der Waals surface area contributed by atoms with Crippen LogP contribution < -0.4 is 0 Å². The van der Waals surface area contributed by atoms with Gasteiger partial charge >= 0.3 is 0 Å². The minimum absolute atomic E-state index is 0.0275. The molecule has 1 N–H and O–H groups in total. The van der Waals surface area contributed by atoms with Gasteiger partial charge in [-0.15, -0.1) is 0 Å². The topological polar surface area (TPSA) is 78.3 Å². The molecule has 152 valence electrons. The van der Waals surface area contributed by atoms with E-state index >= 15 is 0 Å². The summed E-state index contributed by atoms with van der Waals surface area (Å²) >= 11 is 1.51. The second-order valence-corrected chi connectivity index (χ2v) is 8.98. The molecular weight excluding hydrogens is 374 g/mol. The highest BCUT2D eigenvalue weighted by Gasteiger charge is 2.40. The summed E-state index contributed by atoms with van der Waals surface area (Å²) < 4.78 is 5.82. The van der Waals surface area contributed by atoms with Gasteiger partial charge in [0, 0.05) is 19.1 Å². The van der Waals surface area contributed by atoms with Gasteiger partial charge in [-0.2, -0.15) is 5.10 Å². The van der Waals surface area contributed by atoms with Crippen molar-refractivity contribution in [2.75, 3.05) is 26.7 Å². The van der Waals surface area contributed by atoms with E-state index in [-0.39, 0.29) is 5.91 Å². The number of furan rings is 1. The summed E-state index contributed by atoms with van der Waals surface area (Å²) in [5.74, 6) is 3.27. The van der Waals surface area contributed by atoms with E-state index in [0.29, 0.717) is 23.5 Å². The highest BCUT2D eigenvalue weighted by atomic mass is 32.2. The summed E-state index contributed by atoms with van der Waals surface area (Å²) in [6.07, 6.45) is 6.29. The van der Waals surface area contributed by atoms with Crippen LogP contribution in [0.4, 0.5) is 0 Å². The van der Waals surface area contributed by atoms with Crippen LogP contribution in [-0.4, -0.2) is 63.6 Å². The van der Waals surface area contributed by atoms with Gasteiger partial charge < -0.3 is 14.2 Å². The fraction of sp³-hybridized carbons (Fsp3) is 0.650. The average Bonchev–Trinajstić information content (AvgIpc) is 3.45. The Morgan fingerprint density at radius 1 is 1.39 bits per heavy atom. The first-order chi connectivity index (χ1) is 13.6. The number of nitrogens with one attached hydrogen (secondary N) is 1. The number of fused-ring (bicyclic) bond motifs is 1. The molecular formula is C20H29N5O2S. The van der Waals surface area contributed by atoms with Crippen molar-refractivity contribution in [1.82, 2.24) is 25.0 Å². The predicted molar refractivity (Wildman–Crippen MR) is 108 cm³/mol. The van der Waals surface area contributed by atoms with Gasteiger partial charge in [-0.1, -0.05) is 18.7 Å². The number of likely N-dealkylation sites (tertiary alicyclic amines) is 1. The lowest BCUT2D eigenvalue weighted by Crippen LogP contribution is -2.42. The van der Waals surface area contributed by atoms with Gasteiger partial charge in [0.05, 0.1) is 5.75 Å². The number of amides is 1. The Kier molecular flexibility index (Phi) is 6.06. The maximum Gasteiger partial charge on any atom is 0.289 e. The number of hydrogen-bond donors (Lipinski definition) is 1. The Bertz CT molecular complexity index is 777. The van der Waals surface area contributed by atoms with E-state index in [0.717, 1.165) is 42.9 Å². The Labute approximate surface area is 170 Å². The Hall–Kier alpha value is -1.80. The molecule has 28 heavy (non-hydrogen) atoms. The molecule has 8 heteroatoms. The third-order valence-corrected chi connectivity index (χ3v) is 7.04. The van der Waals surface area contributed by atoms with Crippen LogP contribution in [0.25, 0.3) is 0 Å². The number of rotatable bonds is 7. The number of carbonyl (C=O) groups is 1. The smallest absolute Gasteiger partial charge is 0.289 e.